The molecule has 21 heavy (non-hydrogen) atoms. The number of rotatable bonds is 3. The largest absolute Gasteiger partial charge is 0.332 e. The summed E-state index contributed by atoms with van der Waals surface area (Å²) in [5.74, 6) is 0.585. The minimum atomic E-state index is -3.58. The van der Waals surface area contributed by atoms with Gasteiger partial charge in [-0.1, -0.05) is 29.8 Å². The Balaban J connectivity index is 2.00. The molecular formula is C14H16ClN3O2S. The Kier molecular flexibility index (Phi) is 3.77. The fraction of sp³-hybridized carbons (Fsp3) is 0.357. The molecule has 112 valence electrons. The number of benzene rings is 1. The third kappa shape index (κ3) is 2.59. The molecule has 1 saturated heterocycles. The third-order valence-electron chi connectivity index (χ3n) is 3.73. The molecular weight excluding hydrogens is 310 g/mol. The van der Waals surface area contributed by atoms with Gasteiger partial charge in [-0.05, 0) is 31.4 Å². The summed E-state index contributed by atoms with van der Waals surface area (Å²) in [6.45, 7) is 2.23. The third-order valence-corrected chi connectivity index (χ3v) is 5.90. The summed E-state index contributed by atoms with van der Waals surface area (Å²) in [6.07, 6.45) is 2.96. The SMILES string of the molecule is Cc1ncc(S(=O)(=O)N2CCCC2c2ccccc2Cl)[nH]1. The van der Waals surface area contributed by atoms with Crippen molar-refractivity contribution >= 4 is 21.6 Å². The van der Waals surface area contributed by atoms with Gasteiger partial charge in [-0.25, -0.2) is 13.4 Å². The zero-order valence-corrected chi connectivity index (χ0v) is 13.2. The van der Waals surface area contributed by atoms with Gasteiger partial charge in [0, 0.05) is 11.6 Å². The van der Waals surface area contributed by atoms with Crippen molar-refractivity contribution < 1.29 is 8.42 Å². The van der Waals surface area contributed by atoms with E-state index >= 15 is 0 Å². The van der Waals surface area contributed by atoms with Gasteiger partial charge in [-0.15, -0.1) is 0 Å². The summed E-state index contributed by atoms with van der Waals surface area (Å²) in [5.41, 5.74) is 0.858. The fourth-order valence-corrected chi connectivity index (χ4v) is 4.64. The van der Waals surface area contributed by atoms with E-state index in [1.165, 1.54) is 10.5 Å². The molecule has 0 amide bonds. The predicted octanol–water partition coefficient (Wildman–Crippen LogP) is 2.90. The van der Waals surface area contributed by atoms with E-state index in [-0.39, 0.29) is 11.1 Å². The van der Waals surface area contributed by atoms with Crippen molar-refractivity contribution in [3.8, 4) is 0 Å². The average Bonchev–Trinajstić information content (AvgIpc) is 3.08. The lowest BCUT2D eigenvalue weighted by Crippen LogP contribution is -2.31. The standard InChI is InChI=1S/C14H16ClN3O2S/c1-10-16-9-14(17-10)21(19,20)18-8-4-7-13(18)11-5-2-3-6-12(11)15/h2-3,5-6,9,13H,4,7-8H2,1H3,(H,16,17). The van der Waals surface area contributed by atoms with Crippen LogP contribution in [-0.4, -0.2) is 29.2 Å². The summed E-state index contributed by atoms with van der Waals surface area (Å²) in [4.78, 5) is 6.79. The van der Waals surface area contributed by atoms with Crippen LogP contribution < -0.4 is 0 Å². The molecule has 0 aliphatic carbocycles. The lowest BCUT2D eigenvalue weighted by atomic mass is 10.1. The normalized spacial score (nSPS) is 20.0. The van der Waals surface area contributed by atoms with Crippen LogP contribution in [-0.2, 0) is 10.0 Å². The highest BCUT2D eigenvalue weighted by atomic mass is 35.5. The van der Waals surface area contributed by atoms with Crippen LogP contribution in [0.25, 0.3) is 0 Å². The quantitative estimate of drug-likeness (QED) is 0.943. The van der Waals surface area contributed by atoms with Crippen LogP contribution in [0.4, 0.5) is 0 Å². The highest BCUT2D eigenvalue weighted by Crippen LogP contribution is 2.38. The van der Waals surface area contributed by atoms with Gasteiger partial charge in [-0.3, -0.25) is 0 Å². The van der Waals surface area contributed by atoms with Gasteiger partial charge < -0.3 is 4.98 Å². The van der Waals surface area contributed by atoms with E-state index in [9.17, 15) is 8.42 Å². The van der Waals surface area contributed by atoms with E-state index in [1.807, 2.05) is 18.2 Å². The van der Waals surface area contributed by atoms with Crippen molar-refractivity contribution in [3.05, 3.63) is 46.9 Å². The molecule has 7 heteroatoms. The number of hydrogen-bond donors (Lipinski definition) is 1. The van der Waals surface area contributed by atoms with Crippen LogP contribution in [0.5, 0.6) is 0 Å². The molecule has 1 N–H and O–H groups in total. The van der Waals surface area contributed by atoms with Gasteiger partial charge in [-0.2, -0.15) is 4.31 Å². The molecule has 1 unspecified atom stereocenters. The molecule has 1 aromatic carbocycles. The first-order chi connectivity index (χ1) is 10.00. The van der Waals surface area contributed by atoms with Crippen molar-refractivity contribution in [3.63, 3.8) is 0 Å². The Bertz CT molecular complexity index is 757. The van der Waals surface area contributed by atoms with Crippen molar-refractivity contribution in [2.75, 3.05) is 6.54 Å². The number of hydrogen-bond acceptors (Lipinski definition) is 3. The first-order valence-corrected chi connectivity index (χ1v) is 8.60. The molecule has 5 nitrogen and oxygen atoms in total. The summed E-state index contributed by atoms with van der Waals surface area (Å²) >= 11 is 6.23. The zero-order valence-electron chi connectivity index (χ0n) is 11.6. The number of nitrogens with one attached hydrogen (secondary N) is 1. The molecule has 0 bridgehead atoms. The van der Waals surface area contributed by atoms with Crippen LogP contribution in [0, 0.1) is 6.92 Å². The summed E-state index contributed by atoms with van der Waals surface area (Å²) in [6, 6.07) is 7.19. The molecule has 1 aliphatic heterocycles. The van der Waals surface area contributed by atoms with Crippen LogP contribution in [0.1, 0.15) is 30.3 Å². The van der Waals surface area contributed by atoms with Crippen LogP contribution >= 0.6 is 11.6 Å². The Morgan fingerprint density at radius 3 is 2.81 bits per heavy atom. The van der Waals surface area contributed by atoms with E-state index in [0.717, 1.165) is 18.4 Å². The highest BCUT2D eigenvalue weighted by Gasteiger charge is 2.37. The van der Waals surface area contributed by atoms with Crippen molar-refractivity contribution in [1.82, 2.24) is 14.3 Å². The molecule has 0 spiro atoms. The average molecular weight is 326 g/mol. The second kappa shape index (κ2) is 5.44. The highest BCUT2D eigenvalue weighted by molar-refractivity contribution is 7.89. The summed E-state index contributed by atoms with van der Waals surface area (Å²) in [7, 11) is -3.58. The van der Waals surface area contributed by atoms with Gasteiger partial charge >= 0.3 is 0 Å². The van der Waals surface area contributed by atoms with Gasteiger partial charge in [0.05, 0.1) is 12.2 Å². The Labute approximate surface area is 129 Å². The van der Waals surface area contributed by atoms with Crippen LogP contribution in [0.3, 0.4) is 0 Å². The van der Waals surface area contributed by atoms with Crippen LogP contribution in [0.15, 0.2) is 35.5 Å². The number of imidazole rings is 1. The molecule has 2 heterocycles. The number of nitrogens with zero attached hydrogens (tertiary/aromatic N) is 2. The Morgan fingerprint density at radius 1 is 1.38 bits per heavy atom. The summed E-state index contributed by atoms with van der Waals surface area (Å²) < 4.78 is 27.0. The molecule has 1 atom stereocenters. The molecule has 1 fully saturated rings. The van der Waals surface area contributed by atoms with E-state index in [2.05, 4.69) is 9.97 Å². The van der Waals surface area contributed by atoms with Gasteiger partial charge in [0.15, 0.2) is 5.03 Å². The van der Waals surface area contributed by atoms with Crippen molar-refractivity contribution in [2.24, 2.45) is 0 Å². The van der Waals surface area contributed by atoms with E-state index in [4.69, 9.17) is 11.6 Å². The molecule has 0 radical (unpaired) electrons. The number of aromatic nitrogens is 2. The van der Waals surface area contributed by atoms with Crippen LogP contribution in [0.2, 0.25) is 5.02 Å². The smallest absolute Gasteiger partial charge is 0.260 e. The lowest BCUT2D eigenvalue weighted by Gasteiger charge is -2.24. The molecule has 1 aliphatic rings. The molecule has 0 saturated carbocycles. The minimum absolute atomic E-state index is 0.138. The maximum absolute atomic E-state index is 12.8. The number of aryl methyl sites for hydroxylation is 1. The van der Waals surface area contributed by atoms with E-state index < -0.39 is 10.0 Å². The Morgan fingerprint density at radius 2 is 2.14 bits per heavy atom. The maximum Gasteiger partial charge on any atom is 0.260 e. The van der Waals surface area contributed by atoms with E-state index in [0.29, 0.717) is 17.4 Å². The molecule has 3 rings (SSSR count). The van der Waals surface area contributed by atoms with Gasteiger partial charge in [0.2, 0.25) is 0 Å². The number of H-pyrrole nitrogens is 1. The topological polar surface area (TPSA) is 66.1 Å². The first-order valence-electron chi connectivity index (χ1n) is 6.78. The lowest BCUT2D eigenvalue weighted by molar-refractivity contribution is 0.395. The second-order valence-corrected chi connectivity index (χ2v) is 7.39. The maximum atomic E-state index is 12.8. The van der Waals surface area contributed by atoms with Gasteiger partial charge in [0.1, 0.15) is 5.82 Å². The first kappa shape index (κ1) is 14.6. The Hall–Kier alpha value is -1.37. The molecule has 2 aromatic rings. The number of halogens is 1. The second-order valence-electron chi connectivity index (χ2n) is 5.13. The summed E-state index contributed by atoms with van der Waals surface area (Å²) in [5, 5.41) is 0.740. The monoisotopic (exact) mass is 325 g/mol. The predicted molar refractivity (Wildman–Crippen MR) is 80.6 cm³/mol. The number of sulfonamides is 1. The zero-order chi connectivity index (χ0) is 15.0. The van der Waals surface area contributed by atoms with E-state index in [1.54, 1.807) is 13.0 Å². The number of aromatic amines is 1. The van der Waals surface area contributed by atoms with Gasteiger partial charge in [0.25, 0.3) is 10.0 Å². The van der Waals surface area contributed by atoms with Crippen molar-refractivity contribution in [2.45, 2.75) is 30.8 Å². The fourth-order valence-electron chi connectivity index (χ4n) is 2.74. The minimum Gasteiger partial charge on any atom is -0.332 e. The van der Waals surface area contributed by atoms with Crippen molar-refractivity contribution in [1.29, 1.82) is 0 Å². The molecule has 1 aromatic heterocycles.